The molecule has 8 aromatic carbocycles. The van der Waals surface area contributed by atoms with Crippen LogP contribution in [-0.2, 0) is 64.5 Å². The van der Waals surface area contributed by atoms with Gasteiger partial charge in [-0.25, -0.2) is 9.97 Å². The van der Waals surface area contributed by atoms with Crippen LogP contribution in [0.3, 0.4) is 0 Å². The molecule has 9 aliphatic heterocycles. The number of nitrogens with zero attached hydrogens (tertiary/aromatic N) is 9. The molecule has 34 heteroatoms. The molecule has 7 N–H and O–H groups in total. The number of aliphatic imine (C=N–C) groups is 1. The van der Waals surface area contributed by atoms with Crippen LogP contribution in [0.15, 0.2) is 194 Å². The van der Waals surface area contributed by atoms with E-state index in [0.29, 0.717) is 111 Å². The molecule has 0 spiro atoms. The molecule has 0 saturated carbocycles. The second-order valence-corrected chi connectivity index (χ2v) is 32.4. The number of amidine groups is 1. The summed E-state index contributed by atoms with van der Waals surface area (Å²) in [5.41, 5.74) is 5.56. The number of imidazole rings is 1. The number of imide groups is 4. The minimum Gasteiger partial charge on any atom is -0.497 e. The number of aromatic amines is 1. The molecular weight excluding hydrogens is 1700 g/mol. The number of hydrogen-bond donors (Lipinski definition) is 7. The fourth-order valence-corrected chi connectivity index (χ4v) is 16.6. The first kappa shape index (κ1) is 89.3. The zero-order valence-electron chi connectivity index (χ0n) is 72.3. The van der Waals surface area contributed by atoms with E-state index in [1.807, 2.05) is 77.5 Å². The van der Waals surface area contributed by atoms with Crippen LogP contribution >= 0.6 is 0 Å². The molecule has 2 aromatic heterocycles. The van der Waals surface area contributed by atoms with Gasteiger partial charge in [0.15, 0.2) is 11.6 Å². The van der Waals surface area contributed by atoms with Gasteiger partial charge in [0, 0.05) is 133 Å². The van der Waals surface area contributed by atoms with Crippen molar-refractivity contribution in [1.82, 2.24) is 70.9 Å². The molecule has 9 aliphatic rings. The van der Waals surface area contributed by atoms with Gasteiger partial charge < -0.3 is 58.3 Å². The summed E-state index contributed by atoms with van der Waals surface area (Å²) in [7, 11) is 7.65. The SMILES string of the molecule is COc1ccc2c(c1)C(=O)N(C[C@@]1(C#Cc3ccc(-c4ncn[nH]4)cc3OC)CC(=O)NC1=O)C2.COc1ccc2c(c1)C(=O)N(C[C@@]1(C#Cc3ccc(-n4ccnc4)cc3)CC(=O)NC1=O)C2.COc1ccc2c(c1)C(=O)N(C[C@@]1(C#Cc3ccc(C(=O)CO)cc3)CC(=O)NC1=O)C2.COc1ccc2c(c1)C(=O)N(C[C@@]1(C#Cc3ccc(C4=NCCN4)cc3)CC(=O)NC1=O)C2. The summed E-state index contributed by atoms with van der Waals surface area (Å²) >= 11 is 0. The summed E-state index contributed by atoms with van der Waals surface area (Å²) < 4.78 is 28.2. The second-order valence-electron chi connectivity index (χ2n) is 32.4. The van der Waals surface area contributed by atoms with Crippen LogP contribution in [0.4, 0.5) is 0 Å². The number of hydrogen-bond acceptors (Lipinski definition) is 24. The molecule has 19 rings (SSSR count). The minimum atomic E-state index is -1.38. The monoisotopic (exact) mass is 1790 g/mol. The molecule has 668 valence electrons. The van der Waals surface area contributed by atoms with Crippen LogP contribution in [0.2, 0.25) is 0 Å². The predicted molar refractivity (Wildman–Crippen MR) is 475 cm³/mol. The van der Waals surface area contributed by atoms with Gasteiger partial charge in [-0.2, -0.15) is 5.10 Å². The quantitative estimate of drug-likeness (QED) is 0.0319. The van der Waals surface area contributed by atoms with Crippen LogP contribution in [0.5, 0.6) is 28.7 Å². The van der Waals surface area contributed by atoms with E-state index in [-0.39, 0.29) is 81.4 Å². The number of ether oxygens (including phenoxy) is 5. The highest BCUT2D eigenvalue weighted by Gasteiger charge is 2.53. The van der Waals surface area contributed by atoms with Crippen LogP contribution in [0.25, 0.3) is 17.1 Å². The zero-order valence-corrected chi connectivity index (χ0v) is 72.3. The Hall–Kier alpha value is -17.1. The van der Waals surface area contributed by atoms with Crippen LogP contribution in [0.1, 0.15) is 128 Å². The van der Waals surface area contributed by atoms with Gasteiger partial charge in [-0.3, -0.25) is 93.7 Å². The van der Waals surface area contributed by atoms with Crippen LogP contribution in [0, 0.1) is 69.0 Å². The zero-order chi connectivity index (χ0) is 93.5. The normalized spacial score (nSPS) is 19.6. The van der Waals surface area contributed by atoms with Gasteiger partial charge in [-0.15, -0.1) is 0 Å². The molecule has 0 radical (unpaired) electrons. The molecule has 11 heterocycles. The highest BCUT2D eigenvalue weighted by atomic mass is 16.5. The van der Waals surface area contributed by atoms with Gasteiger partial charge in [0.05, 0.1) is 79.7 Å². The van der Waals surface area contributed by atoms with Crippen molar-refractivity contribution >= 4 is 82.5 Å². The molecular formula is C99H83N15O19. The lowest BCUT2D eigenvalue weighted by atomic mass is 9.85. The Balaban J connectivity index is 0.000000129. The maximum Gasteiger partial charge on any atom is 0.254 e. The highest BCUT2D eigenvalue weighted by Crippen LogP contribution is 2.40. The number of rotatable bonds is 18. The van der Waals surface area contributed by atoms with Crippen molar-refractivity contribution in [2.24, 2.45) is 26.7 Å². The lowest BCUT2D eigenvalue weighted by Crippen LogP contribution is -2.42. The van der Waals surface area contributed by atoms with E-state index in [1.54, 1.807) is 126 Å². The number of benzene rings is 8. The number of aromatic nitrogens is 5. The maximum absolute atomic E-state index is 13.1. The van der Waals surface area contributed by atoms with Gasteiger partial charge in [0.25, 0.3) is 23.6 Å². The van der Waals surface area contributed by atoms with E-state index in [2.05, 4.69) is 99.1 Å². The average Bonchev–Trinajstić information content (AvgIpc) is 1.63. The molecule has 133 heavy (non-hydrogen) atoms. The molecule has 34 nitrogen and oxygen atoms in total. The molecule has 4 atom stereocenters. The van der Waals surface area contributed by atoms with Crippen molar-refractivity contribution in [2.45, 2.75) is 51.9 Å². The number of carbonyl (C=O) groups is 13. The second kappa shape index (κ2) is 37.7. The van der Waals surface area contributed by atoms with Gasteiger partial charge in [0.2, 0.25) is 47.3 Å². The van der Waals surface area contributed by atoms with Crippen molar-refractivity contribution in [3.8, 4) is 93.2 Å². The summed E-state index contributed by atoms with van der Waals surface area (Å²) in [6.45, 7) is 2.33. The molecule has 4 fully saturated rings. The Labute approximate surface area is 760 Å². The Morgan fingerprint density at radius 2 is 0.812 bits per heavy atom. The number of methoxy groups -OCH3 is 5. The average molecular weight is 1790 g/mol. The number of amides is 12. The number of Topliss-reactive ketones (excluding diaryl/α,β-unsaturated/α-hetero) is 1. The number of carbonyl (C=O) groups excluding carboxylic acids is 13. The lowest BCUT2D eigenvalue weighted by Gasteiger charge is -2.25. The van der Waals surface area contributed by atoms with E-state index in [1.165, 1.54) is 44.7 Å². The van der Waals surface area contributed by atoms with Crippen molar-refractivity contribution in [3.05, 3.63) is 267 Å². The smallest absolute Gasteiger partial charge is 0.254 e. The highest BCUT2D eigenvalue weighted by molar-refractivity contribution is 6.12. The largest absolute Gasteiger partial charge is 0.497 e. The van der Waals surface area contributed by atoms with E-state index < -0.39 is 75.4 Å². The number of H-pyrrole nitrogens is 1. The molecule has 0 bridgehead atoms. The van der Waals surface area contributed by atoms with E-state index in [9.17, 15) is 62.3 Å². The molecule has 10 aromatic rings. The predicted octanol–water partition coefficient (Wildman–Crippen LogP) is 5.45. The Kier molecular flexibility index (Phi) is 25.3. The summed E-state index contributed by atoms with van der Waals surface area (Å²) in [4.78, 5) is 182. The fraction of sp³-hybridized carbons (Fsp3) is 0.242. The van der Waals surface area contributed by atoms with Crippen LogP contribution in [-0.4, -0.2) is 213 Å². The molecule has 4 saturated heterocycles. The minimum absolute atomic E-state index is 0.0220. The van der Waals surface area contributed by atoms with Crippen molar-refractivity contribution < 1.29 is 91.1 Å². The van der Waals surface area contributed by atoms with Crippen molar-refractivity contribution in [1.29, 1.82) is 0 Å². The molecule has 0 unspecified atom stereocenters. The first-order valence-electron chi connectivity index (χ1n) is 41.8. The van der Waals surface area contributed by atoms with Crippen molar-refractivity contribution in [3.63, 3.8) is 0 Å². The van der Waals surface area contributed by atoms with E-state index in [0.717, 1.165) is 58.0 Å². The first-order valence-corrected chi connectivity index (χ1v) is 41.8. The summed E-state index contributed by atoms with van der Waals surface area (Å²) in [6.07, 6.45) is 6.18. The lowest BCUT2D eigenvalue weighted by molar-refractivity contribution is -0.128. The number of aliphatic hydroxyl groups is 1. The summed E-state index contributed by atoms with van der Waals surface area (Å²) in [6, 6.07) is 47.8. The number of aliphatic hydroxyl groups excluding tert-OH is 1. The third-order valence-corrected chi connectivity index (χ3v) is 23.7. The third-order valence-electron chi connectivity index (χ3n) is 23.7. The first-order chi connectivity index (χ1) is 64.2. The van der Waals surface area contributed by atoms with Crippen molar-refractivity contribution in [2.75, 3.05) is 81.4 Å². The summed E-state index contributed by atoms with van der Waals surface area (Å²) in [5, 5.41) is 28.2. The van der Waals surface area contributed by atoms with Gasteiger partial charge >= 0.3 is 0 Å². The topological polar surface area (TPSA) is 433 Å². The summed E-state index contributed by atoms with van der Waals surface area (Å²) in [5.74, 6) is 23.2. The van der Waals surface area contributed by atoms with E-state index in [4.69, 9.17) is 28.8 Å². The maximum atomic E-state index is 13.1. The number of fused-ring (bicyclic) bond motifs is 4. The Bertz CT molecular complexity index is 6790. The molecule has 0 aliphatic carbocycles. The van der Waals surface area contributed by atoms with Gasteiger partial charge in [0.1, 0.15) is 69.2 Å². The van der Waals surface area contributed by atoms with Gasteiger partial charge in [-0.05, 0) is 138 Å². The molecule has 12 amide bonds. The van der Waals surface area contributed by atoms with Crippen LogP contribution < -0.4 is 50.3 Å². The fourth-order valence-electron chi connectivity index (χ4n) is 16.6. The van der Waals surface area contributed by atoms with Gasteiger partial charge in [-0.1, -0.05) is 95.9 Å². The van der Waals surface area contributed by atoms with E-state index >= 15 is 0 Å². The standard InChI is InChI=1S/C25H21N5O5.C25H20N4O4.C25H22N4O4.C24H20N2O6/c1-34-18-6-5-17-12-30(23(32)19(17)10-18)13-25(11-21(31)28-24(25)33)8-7-15-3-4-16(9-20(15)35-2)22-26-14-27-29-22;1-33-20-7-4-18-14-29(23(31)21(18)12-20)15-25(13-22(30)27-24(25)32)9-8-17-2-5-19(6-3-17)28-11-10-26-16-28;1-33-19-7-6-18-14-29(23(31)20(18)12-19)15-25(13-21(30)28-24(25)32)9-8-16-2-4-17(5-3-16)22-26-10-11-27-22;1-32-18-7-6-17-12-26(22(30)19(17)10-18)14-24(11-21(29)25-23(24)31)9-8-15-2-4-16(5-3-15)20(28)13-27/h3-6,9-10,14H,11-13H2,1-2H3,(H,26,27,29)(H,28,31,33);2-7,10-12,16H,13-15H2,1H3,(H,27,30,32);2-7,12H,10-11,13-15H2,1H3,(H,26,27)(H,28,30,32);2-7,10,27H,11-14H2,1H3,(H,25,29,31)/t3*25-;24-/m1111/s1. The Morgan fingerprint density at radius 1 is 0.436 bits per heavy atom. The third kappa shape index (κ3) is 18.8. The number of ketones is 1. The Morgan fingerprint density at radius 3 is 1.14 bits per heavy atom. The number of nitrogens with one attached hydrogen (secondary N) is 6.